The van der Waals surface area contributed by atoms with Crippen LogP contribution in [0, 0.1) is 0 Å². The minimum absolute atomic E-state index is 0.421. The molecule has 1 N–H and O–H groups in total. The van der Waals surface area contributed by atoms with Crippen molar-refractivity contribution < 1.29 is 14.0 Å². The molecule has 1 unspecified atom stereocenters. The van der Waals surface area contributed by atoms with Crippen molar-refractivity contribution in [3.63, 3.8) is 0 Å². The van der Waals surface area contributed by atoms with E-state index in [9.17, 15) is 4.57 Å². The van der Waals surface area contributed by atoms with Crippen LogP contribution in [0.5, 0.6) is 0 Å². The van der Waals surface area contributed by atoms with Crippen molar-refractivity contribution in [1.82, 2.24) is 0 Å². The molecule has 0 heterocycles. The van der Waals surface area contributed by atoms with Crippen molar-refractivity contribution in [3.05, 3.63) is 0 Å². The van der Waals surface area contributed by atoms with E-state index in [1.165, 1.54) is 103 Å². The Balaban J connectivity index is 2.97. The van der Waals surface area contributed by atoms with Crippen LogP contribution < -0.4 is 0 Å². The maximum atomic E-state index is 10.3. The van der Waals surface area contributed by atoms with Gasteiger partial charge in [0.15, 0.2) is 0 Å². The Morgan fingerprint density at radius 1 is 0.583 bits per heavy atom. The summed E-state index contributed by atoms with van der Waals surface area (Å²) in [6.07, 6.45) is 24.3. The normalized spacial score (nSPS) is 11.8. The van der Waals surface area contributed by atoms with Gasteiger partial charge < -0.3 is 0 Å². The van der Waals surface area contributed by atoms with E-state index in [1.807, 2.05) is 0 Å². The van der Waals surface area contributed by atoms with Crippen molar-refractivity contribution in [3.8, 4) is 0 Å². The zero-order chi connectivity index (χ0) is 17.7. The van der Waals surface area contributed by atoms with E-state index in [0.29, 0.717) is 6.61 Å². The first kappa shape index (κ1) is 24.0. The van der Waals surface area contributed by atoms with Crippen molar-refractivity contribution in [2.75, 3.05) is 6.61 Å². The Morgan fingerprint density at radius 2 is 0.875 bits per heavy atom. The van der Waals surface area contributed by atoms with E-state index in [-0.39, 0.29) is 0 Å². The molecule has 24 heavy (non-hydrogen) atoms. The van der Waals surface area contributed by atoms with Crippen LogP contribution in [0.25, 0.3) is 0 Å². The van der Waals surface area contributed by atoms with Gasteiger partial charge in [-0.05, 0) is 6.42 Å². The number of rotatable bonds is 20. The molecule has 0 aromatic carbocycles. The summed E-state index contributed by atoms with van der Waals surface area (Å²) in [5, 5.41) is 0. The summed E-state index contributed by atoms with van der Waals surface area (Å²) in [7, 11) is -2.40. The SMILES string of the molecule is CCCCCCCCCCCCCCCCCCCCO[P+](=O)O. The molecule has 0 bridgehead atoms. The average molecular weight is 362 g/mol. The third-order valence-electron chi connectivity index (χ3n) is 4.70. The molecular weight excluding hydrogens is 319 g/mol. The molecule has 3 nitrogen and oxygen atoms in total. The summed E-state index contributed by atoms with van der Waals surface area (Å²) in [6.45, 7) is 2.70. The largest absolute Gasteiger partial charge is 0.694 e. The number of hydrogen-bond acceptors (Lipinski definition) is 2. The standard InChI is InChI=1S/C20H41O3P/c1-2-3-4-5-6-7-8-9-10-11-12-13-14-15-16-17-18-19-20-23-24(21)22/h2-20H2,1H3/p+1. The number of hydrogen-bond donors (Lipinski definition) is 1. The highest BCUT2D eigenvalue weighted by atomic mass is 31.1. The van der Waals surface area contributed by atoms with Gasteiger partial charge in [0.2, 0.25) is 0 Å². The zero-order valence-electron chi connectivity index (χ0n) is 16.1. The summed E-state index contributed by atoms with van der Waals surface area (Å²) in [5.74, 6) is 0. The molecule has 4 heteroatoms. The van der Waals surface area contributed by atoms with Gasteiger partial charge in [-0.2, -0.15) is 0 Å². The fourth-order valence-electron chi connectivity index (χ4n) is 3.15. The van der Waals surface area contributed by atoms with Gasteiger partial charge in [0.05, 0.1) is 0 Å². The van der Waals surface area contributed by atoms with Crippen molar-refractivity contribution >= 4 is 8.25 Å². The van der Waals surface area contributed by atoms with Crippen LogP contribution in [0.4, 0.5) is 0 Å². The second-order valence-corrected chi connectivity index (χ2v) is 7.82. The lowest BCUT2D eigenvalue weighted by Gasteiger charge is -2.03. The Hall–Kier alpha value is 0.0200. The first-order chi connectivity index (χ1) is 11.8. The van der Waals surface area contributed by atoms with Gasteiger partial charge in [0, 0.05) is 4.57 Å². The lowest BCUT2D eigenvalue weighted by atomic mass is 10.0. The monoisotopic (exact) mass is 361 g/mol. The van der Waals surface area contributed by atoms with E-state index in [0.717, 1.165) is 12.8 Å². The second kappa shape index (κ2) is 21.1. The van der Waals surface area contributed by atoms with E-state index in [1.54, 1.807) is 0 Å². The first-order valence-corrected chi connectivity index (χ1v) is 11.7. The second-order valence-electron chi connectivity index (χ2n) is 7.08. The highest BCUT2D eigenvalue weighted by Gasteiger charge is 2.09. The lowest BCUT2D eigenvalue weighted by molar-refractivity contribution is 0.273. The fraction of sp³-hybridized carbons (Fsp3) is 1.00. The minimum Gasteiger partial charge on any atom is -0.133 e. The van der Waals surface area contributed by atoms with Gasteiger partial charge in [-0.15, -0.1) is 9.42 Å². The van der Waals surface area contributed by atoms with E-state index in [4.69, 9.17) is 4.89 Å². The molecule has 0 aliphatic rings. The van der Waals surface area contributed by atoms with Crippen molar-refractivity contribution in [2.24, 2.45) is 0 Å². The van der Waals surface area contributed by atoms with Crippen LogP contribution in [0.2, 0.25) is 0 Å². The van der Waals surface area contributed by atoms with Crippen LogP contribution in [0.1, 0.15) is 122 Å². The molecule has 0 fully saturated rings. The van der Waals surface area contributed by atoms with Crippen LogP contribution >= 0.6 is 8.25 Å². The van der Waals surface area contributed by atoms with Crippen LogP contribution in [0.15, 0.2) is 0 Å². The van der Waals surface area contributed by atoms with Crippen LogP contribution in [-0.2, 0) is 9.09 Å². The molecule has 0 aromatic heterocycles. The van der Waals surface area contributed by atoms with Gasteiger partial charge in [-0.25, -0.2) is 0 Å². The van der Waals surface area contributed by atoms with E-state index >= 15 is 0 Å². The minimum atomic E-state index is -2.40. The summed E-state index contributed by atoms with van der Waals surface area (Å²) in [6, 6.07) is 0. The first-order valence-electron chi connectivity index (χ1n) is 10.6. The zero-order valence-corrected chi connectivity index (χ0v) is 17.0. The molecule has 0 saturated carbocycles. The molecule has 0 rings (SSSR count). The summed E-state index contributed by atoms with van der Waals surface area (Å²) >= 11 is 0. The third-order valence-corrected chi connectivity index (χ3v) is 5.10. The van der Waals surface area contributed by atoms with Gasteiger partial charge in [0.25, 0.3) is 0 Å². The summed E-state index contributed by atoms with van der Waals surface area (Å²) in [4.78, 5) is 8.48. The highest BCUT2D eigenvalue weighted by molar-refractivity contribution is 7.32. The lowest BCUT2D eigenvalue weighted by Crippen LogP contribution is -1.87. The van der Waals surface area contributed by atoms with Crippen LogP contribution in [-0.4, -0.2) is 11.5 Å². The van der Waals surface area contributed by atoms with Gasteiger partial charge in [-0.1, -0.05) is 116 Å². The average Bonchev–Trinajstić information content (AvgIpc) is 2.56. The fourth-order valence-corrected chi connectivity index (χ4v) is 3.43. The predicted molar refractivity (Wildman–Crippen MR) is 105 cm³/mol. The van der Waals surface area contributed by atoms with E-state index < -0.39 is 8.25 Å². The van der Waals surface area contributed by atoms with Crippen molar-refractivity contribution in [1.29, 1.82) is 0 Å². The summed E-state index contributed by atoms with van der Waals surface area (Å²) in [5.41, 5.74) is 0. The Bertz CT molecular complexity index is 259. The molecule has 0 radical (unpaired) electrons. The van der Waals surface area contributed by atoms with Crippen molar-refractivity contribution in [2.45, 2.75) is 122 Å². The Morgan fingerprint density at radius 3 is 1.17 bits per heavy atom. The molecule has 0 amide bonds. The van der Waals surface area contributed by atoms with Gasteiger partial charge in [-0.3, -0.25) is 0 Å². The van der Waals surface area contributed by atoms with E-state index in [2.05, 4.69) is 11.4 Å². The number of unbranched alkanes of at least 4 members (excludes halogenated alkanes) is 17. The molecule has 0 saturated heterocycles. The van der Waals surface area contributed by atoms with Crippen LogP contribution in [0.3, 0.4) is 0 Å². The topological polar surface area (TPSA) is 46.5 Å². The predicted octanol–water partition coefficient (Wildman–Crippen LogP) is 7.69. The van der Waals surface area contributed by atoms with Gasteiger partial charge >= 0.3 is 8.25 Å². The molecule has 0 spiro atoms. The molecule has 144 valence electrons. The Labute approximate surface area is 151 Å². The highest BCUT2D eigenvalue weighted by Crippen LogP contribution is 2.16. The smallest absolute Gasteiger partial charge is 0.133 e. The molecule has 1 atom stereocenters. The van der Waals surface area contributed by atoms with Gasteiger partial charge in [0.1, 0.15) is 6.61 Å². The maximum Gasteiger partial charge on any atom is 0.694 e. The quantitative estimate of drug-likeness (QED) is 0.178. The summed E-state index contributed by atoms with van der Waals surface area (Å²) < 4.78 is 14.9. The third kappa shape index (κ3) is 22.0. The Kier molecular flexibility index (Phi) is 21.1. The molecule has 0 aliphatic heterocycles. The molecule has 0 aromatic rings. The molecular formula is C20H42O3P+. The maximum absolute atomic E-state index is 10.3. The molecule has 0 aliphatic carbocycles.